The average Bonchev–Trinajstić information content (AvgIpc) is 2.74. The molecule has 0 aliphatic heterocycles. The third-order valence-electron chi connectivity index (χ3n) is 4.58. The highest BCUT2D eigenvalue weighted by Gasteiger charge is 2.39. The van der Waals surface area contributed by atoms with Crippen LogP contribution in [-0.4, -0.2) is 70.0 Å². The van der Waals surface area contributed by atoms with E-state index in [-0.39, 0.29) is 12.5 Å². The molecule has 0 bridgehead atoms. The summed E-state index contributed by atoms with van der Waals surface area (Å²) in [6.45, 7) is 20.6. The predicted octanol–water partition coefficient (Wildman–Crippen LogP) is 5.41. The number of ketones is 1. The molecule has 0 aromatic heterocycles. The summed E-state index contributed by atoms with van der Waals surface area (Å²) in [6, 6.07) is 9.24. The Morgan fingerprint density at radius 3 is 2.00 bits per heavy atom. The SMILES string of the molecule is C=CCOCC(COCCC[Si](C)(O[Si](C)(C)C)O[Si](C)(C)C)COC(=O)C(=O)c1ccccc1. The first kappa shape index (κ1) is 31.6. The molecule has 0 amide bonds. The summed E-state index contributed by atoms with van der Waals surface area (Å²) in [7, 11) is -5.77. The number of Topliss-reactive ketones (excluding diaryl/α,β-unsaturated/α-hetero) is 1. The van der Waals surface area contributed by atoms with Crippen molar-refractivity contribution in [1.29, 1.82) is 0 Å². The minimum atomic E-state index is -2.30. The normalized spacial score (nSPS) is 13.3. The van der Waals surface area contributed by atoms with Gasteiger partial charge in [-0.1, -0.05) is 36.4 Å². The standard InChI is InChI=1S/C25H44O7Si3/c1-9-16-28-19-22(21-30-25(27)24(26)23-14-11-10-12-15-23)20-29-17-13-18-35(8,31-33(2,3)4)32-34(5,6)7/h9-12,14-15,22H,1,13,16-21H2,2-8H3. The summed E-state index contributed by atoms with van der Waals surface area (Å²) in [6.07, 6.45) is 2.48. The number of ether oxygens (including phenoxy) is 3. The molecule has 1 aromatic carbocycles. The molecule has 0 aliphatic carbocycles. The molecule has 35 heavy (non-hydrogen) atoms. The maximum atomic E-state index is 12.2. The van der Waals surface area contributed by atoms with Crippen molar-refractivity contribution in [3.63, 3.8) is 0 Å². The Bertz CT molecular complexity index is 772. The molecular weight excluding hydrogens is 497 g/mol. The first-order chi connectivity index (χ1) is 16.2. The van der Waals surface area contributed by atoms with Gasteiger partial charge in [0.05, 0.1) is 26.4 Å². The Morgan fingerprint density at radius 1 is 0.886 bits per heavy atom. The number of carbonyl (C=O) groups is 2. The molecule has 0 saturated heterocycles. The Kier molecular flexibility index (Phi) is 13.5. The fourth-order valence-corrected chi connectivity index (χ4v) is 16.1. The zero-order valence-corrected chi connectivity index (χ0v) is 25.6. The van der Waals surface area contributed by atoms with Crippen LogP contribution in [0.1, 0.15) is 16.8 Å². The number of esters is 1. The molecule has 0 N–H and O–H groups in total. The van der Waals surface area contributed by atoms with Gasteiger partial charge in [-0.15, -0.1) is 6.58 Å². The second-order valence-electron chi connectivity index (χ2n) is 10.7. The fourth-order valence-electron chi connectivity index (χ4n) is 3.59. The van der Waals surface area contributed by atoms with Gasteiger partial charge >= 0.3 is 14.5 Å². The smallest absolute Gasteiger partial charge is 0.379 e. The lowest BCUT2D eigenvalue weighted by molar-refractivity contribution is -0.140. The minimum Gasteiger partial charge on any atom is -0.459 e. The summed E-state index contributed by atoms with van der Waals surface area (Å²) in [5, 5.41) is 0. The predicted molar refractivity (Wildman–Crippen MR) is 147 cm³/mol. The topological polar surface area (TPSA) is 80.3 Å². The van der Waals surface area contributed by atoms with Crippen LogP contribution in [0.2, 0.25) is 51.9 Å². The van der Waals surface area contributed by atoms with E-state index in [4.69, 9.17) is 22.4 Å². The fraction of sp³-hybridized carbons (Fsp3) is 0.600. The monoisotopic (exact) mass is 540 g/mol. The van der Waals surface area contributed by atoms with Crippen molar-refractivity contribution < 1.29 is 32.0 Å². The molecule has 198 valence electrons. The third kappa shape index (κ3) is 14.7. The van der Waals surface area contributed by atoms with Crippen molar-refractivity contribution in [3.8, 4) is 0 Å². The molecule has 1 atom stereocenters. The van der Waals surface area contributed by atoms with E-state index in [2.05, 4.69) is 52.4 Å². The number of rotatable bonds is 18. The Labute approximate surface area is 214 Å². The Morgan fingerprint density at radius 2 is 1.46 bits per heavy atom. The molecule has 7 nitrogen and oxygen atoms in total. The van der Waals surface area contributed by atoms with Crippen LogP contribution in [0, 0.1) is 5.92 Å². The molecule has 1 unspecified atom stereocenters. The molecule has 0 radical (unpaired) electrons. The average molecular weight is 541 g/mol. The van der Waals surface area contributed by atoms with Gasteiger partial charge in [-0.2, -0.15) is 0 Å². The molecule has 0 saturated carbocycles. The van der Waals surface area contributed by atoms with E-state index in [1.165, 1.54) is 0 Å². The zero-order chi connectivity index (χ0) is 26.5. The van der Waals surface area contributed by atoms with Crippen molar-refractivity contribution in [2.75, 3.05) is 33.0 Å². The second-order valence-corrected chi connectivity index (χ2v) is 23.6. The van der Waals surface area contributed by atoms with Gasteiger partial charge < -0.3 is 22.4 Å². The number of carbonyl (C=O) groups excluding carboxylic acids is 2. The highest BCUT2D eigenvalue weighted by atomic mass is 28.5. The van der Waals surface area contributed by atoms with E-state index >= 15 is 0 Å². The summed E-state index contributed by atoms with van der Waals surface area (Å²) in [5.74, 6) is -1.73. The van der Waals surface area contributed by atoms with Gasteiger partial charge in [0, 0.05) is 18.1 Å². The van der Waals surface area contributed by atoms with E-state index in [9.17, 15) is 9.59 Å². The van der Waals surface area contributed by atoms with Crippen LogP contribution in [0.3, 0.4) is 0 Å². The van der Waals surface area contributed by atoms with Crippen molar-refractivity contribution in [2.24, 2.45) is 5.92 Å². The molecule has 1 rings (SSSR count). The van der Waals surface area contributed by atoms with Crippen molar-refractivity contribution in [1.82, 2.24) is 0 Å². The Balaban J connectivity index is 2.57. The highest BCUT2D eigenvalue weighted by molar-refractivity contribution is 6.87. The quantitative estimate of drug-likeness (QED) is 0.0615. The van der Waals surface area contributed by atoms with Gasteiger partial charge in [-0.05, 0) is 58.3 Å². The van der Waals surface area contributed by atoms with Crippen molar-refractivity contribution in [3.05, 3.63) is 48.6 Å². The van der Waals surface area contributed by atoms with Gasteiger partial charge in [-0.3, -0.25) is 4.79 Å². The molecule has 0 spiro atoms. The van der Waals surface area contributed by atoms with Gasteiger partial charge in [-0.25, -0.2) is 4.79 Å². The summed E-state index contributed by atoms with van der Waals surface area (Å²) >= 11 is 0. The van der Waals surface area contributed by atoms with E-state index < -0.39 is 36.9 Å². The molecule has 0 fully saturated rings. The van der Waals surface area contributed by atoms with Crippen LogP contribution < -0.4 is 0 Å². The van der Waals surface area contributed by atoms with Crippen LogP contribution >= 0.6 is 0 Å². The first-order valence-corrected chi connectivity index (χ1v) is 21.5. The molecule has 0 heterocycles. The lowest BCUT2D eigenvalue weighted by Gasteiger charge is -2.38. The largest absolute Gasteiger partial charge is 0.459 e. The second kappa shape index (κ2) is 15.0. The van der Waals surface area contributed by atoms with E-state index in [1.807, 2.05) is 0 Å². The first-order valence-electron chi connectivity index (χ1n) is 12.2. The maximum absolute atomic E-state index is 12.2. The number of hydrogen-bond acceptors (Lipinski definition) is 7. The van der Waals surface area contributed by atoms with Gasteiger partial charge in [0.15, 0.2) is 16.6 Å². The maximum Gasteiger partial charge on any atom is 0.379 e. The van der Waals surface area contributed by atoms with E-state index in [1.54, 1.807) is 36.4 Å². The zero-order valence-electron chi connectivity index (χ0n) is 22.6. The molecular formula is C25H44O7Si3. The number of hydrogen-bond donors (Lipinski definition) is 0. The van der Waals surface area contributed by atoms with Crippen molar-refractivity contribution >= 4 is 36.9 Å². The number of benzene rings is 1. The van der Waals surface area contributed by atoms with Crippen LogP contribution in [0.5, 0.6) is 0 Å². The minimum absolute atomic E-state index is 0.0402. The van der Waals surface area contributed by atoms with Gasteiger partial charge in [0.2, 0.25) is 0 Å². The molecule has 0 aliphatic rings. The Hall–Kier alpha value is -1.41. The third-order valence-corrected chi connectivity index (χ3v) is 14.2. The van der Waals surface area contributed by atoms with Gasteiger partial charge in [0.1, 0.15) is 0 Å². The van der Waals surface area contributed by atoms with E-state index in [0.717, 1.165) is 12.5 Å². The van der Waals surface area contributed by atoms with E-state index in [0.29, 0.717) is 32.0 Å². The van der Waals surface area contributed by atoms with Crippen LogP contribution in [0.25, 0.3) is 0 Å². The summed E-state index contributed by atoms with van der Waals surface area (Å²) in [5.41, 5.74) is 0.307. The van der Waals surface area contributed by atoms with Gasteiger partial charge in [0.25, 0.3) is 5.78 Å². The summed E-state index contributed by atoms with van der Waals surface area (Å²) < 4.78 is 29.8. The van der Waals surface area contributed by atoms with Crippen molar-refractivity contribution in [2.45, 2.75) is 58.3 Å². The highest BCUT2D eigenvalue weighted by Crippen LogP contribution is 2.25. The van der Waals surface area contributed by atoms with Crippen LogP contribution in [0.4, 0.5) is 0 Å². The van der Waals surface area contributed by atoms with Crippen LogP contribution in [-0.2, 0) is 27.2 Å². The molecule has 10 heteroatoms. The van der Waals surface area contributed by atoms with Crippen LogP contribution in [0.15, 0.2) is 43.0 Å². The molecule has 1 aromatic rings. The lowest BCUT2D eigenvalue weighted by Crippen LogP contribution is -2.52. The summed E-state index contributed by atoms with van der Waals surface area (Å²) in [4.78, 5) is 24.5. The lowest BCUT2D eigenvalue weighted by atomic mass is 10.1.